The lowest BCUT2D eigenvalue weighted by Crippen LogP contribution is -2.46. The number of nitrogens with two attached hydrogens (primary N) is 1. The Morgan fingerprint density at radius 2 is 2.06 bits per heavy atom. The SMILES string of the molecule is NC(CCCCNS(=O)(=O)N1CCOCC1)=NO. The van der Waals surface area contributed by atoms with Gasteiger partial charge in [-0.05, 0) is 12.8 Å². The predicted molar refractivity (Wildman–Crippen MR) is 66.6 cm³/mol. The second-order valence-corrected chi connectivity index (χ2v) is 5.71. The molecule has 0 amide bonds. The van der Waals surface area contributed by atoms with Crippen molar-refractivity contribution in [2.75, 3.05) is 32.8 Å². The van der Waals surface area contributed by atoms with E-state index in [0.717, 1.165) is 0 Å². The summed E-state index contributed by atoms with van der Waals surface area (Å²) < 4.78 is 32.6. The Bertz CT molecular complexity index is 365. The zero-order chi connectivity index (χ0) is 13.4. The second kappa shape index (κ2) is 7.52. The van der Waals surface area contributed by atoms with Gasteiger partial charge in [0.05, 0.1) is 13.2 Å². The first kappa shape index (κ1) is 15.2. The van der Waals surface area contributed by atoms with Gasteiger partial charge in [0, 0.05) is 26.1 Å². The van der Waals surface area contributed by atoms with E-state index in [4.69, 9.17) is 15.7 Å². The van der Waals surface area contributed by atoms with Gasteiger partial charge in [0.1, 0.15) is 5.84 Å². The average Bonchev–Trinajstić information content (AvgIpc) is 2.39. The highest BCUT2D eigenvalue weighted by molar-refractivity contribution is 7.87. The smallest absolute Gasteiger partial charge is 0.279 e. The van der Waals surface area contributed by atoms with Crippen molar-refractivity contribution in [3.05, 3.63) is 0 Å². The molecular formula is C9H20N4O4S. The number of unbranched alkanes of at least 4 members (excludes halogenated alkanes) is 1. The van der Waals surface area contributed by atoms with Gasteiger partial charge in [0.25, 0.3) is 10.2 Å². The summed E-state index contributed by atoms with van der Waals surface area (Å²) in [5.74, 6) is 0.158. The maximum absolute atomic E-state index is 11.8. The molecule has 0 aliphatic carbocycles. The molecule has 0 aromatic carbocycles. The third-order valence-corrected chi connectivity index (χ3v) is 4.20. The summed E-state index contributed by atoms with van der Waals surface area (Å²) in [5, 5.41) is 11.2. The zero-order valence-electron chi connectivity index (χ0n) is 10.2. The van der Waals surface area contributed by atoms with E-state index in [-0.39, 0.29) is 5.84 Å². The molecule has 1 rings (SSSR count). The fourth-order valence-electron chi connectivity index (χ4n) is 1.56. The highest BCUT2D eigenvalue weighted by Gasteiger charge is 2.23. The van der Waals surface area contributed by atoms with Crippen LogP contribution in [0.2, 0.25) is 0 Å². The van der Waals surface area contributed by atoms with Crippen LogP contribution < -0.4 is 10.5 Å². The highest BCUT2D eigenvalue weighted by Crippen LogP contribution is 2.03. The van der Waals surface area contributed by atoms with Gasteiger partial charge in [-0.1, -0.05) is 5.16 Å². The van der Waals surface area contributed by atoms with E-state index in [0.29, 0.717) is 52.1 Å². The second-order valence-electron chi connectivity index (χ2n) is 3.96. The van der Waals surface area contributed by atoms with Crippen molar-refractivity contribution in [1.82, 2.24) is 9.03 Å². The third kappa shape index (κ3) is 5.17. The first-order valence-corrected chi connectivity index (χ1v) is 7.29. The lowest BCUT2D eigenvalue weighted by molar-refractivity contribution is 0.0725. The van der Waals surface area contributed by atoms with Crippen molar-refractivity contribution in [2.45, 2.75) is 19.3 Å². The fraction of sp³-hybridized carbons (Fsp3) is 0.889. The molecule has 106 valence electrons. The molecule has 0 spiro atoms. The number of nitrogens with zero attached hydrogens (tertiary/aromatic N) is 2. The Labute approximate surface area is 107 Å². The van der Waals surface area contributed by atoms with E-state index in [1.54, 1.807) is 0 Å². The van der Waals surface area contributed by atoms with Crippen LogP contribution in [0.25, 0.3) is 0 Å². The molecule has 0 unspecified atom stereocenters. The van der Waals surface area contributed by atoms with Crippen LogP contribution in [0.4, 0.5) is 0 Å². The summed E-state index contributed by atoms with van der Waals surface area (Å²) in [7, 11) is -3.40. The molecule has 1 aliphatic rings. The molecule has 9 heteroatoms. The maximum atomic E-state index is 11.8. The van der Waals surface area contributed by atoms with Crippen molar-refractivity contribution in [3.8, 4) is 0 Å². The summed E-state index contributed by atoms with van der Waals surface area (Å²) in [6, 6.07) is 0. The summed E-state index contributed by atoms with van der Waals surface area (Å²) in [5.41, 5.74) is 5.30. The summed E-state index contributed by atoms with van der Waals surface area (Å²) in [6.45, 7) is 1.99. The molecule has 1 saturated heterocycles. The summed E-state index contributed by atoms with van der Waals surface area (Å²) in [6.07, 6.45) is 1.76. The monoisotopic (exact) mass is 280 g/mol. The Balaban J connectivity index is 2.21. The first-order chi connectivity index (χ1) is 8.56. The van der Waals surface area contributed by atoms with Crippen molar-refractivity contribution in [3.63, 3.8) is 0 Å². The van der Waals surface area contributed by atoms with E-state index < -0.39 is 10.2 Å². The van der Waals surface area contributed by atoms with E-state index in [1.165, 1.54) is 4.31 Å². The molecular weight excluding hydrogens is 260 g/mol. The van der Waals surface area contributed by atoms with Crippen molar-refractivity contribution in [2.24, 2.45) is 10.9 Å². The van der Waals surface area contributed by atoms with Gasteiger partial charge in [0.15, 0.2) is 0 Å². The summed E-state index contributed by atoms with van der Waals surface area (Å²) >= 11 is 0. The van der Waals surface area contributed by atoms with Crippen LogP contribution in [-0.4, -0.2) is 56.6 Å². The molecule has 1 aliphatic heterocycles. The predicted octanol–water partition coefficient (Wildman–Crippen LogP) is -0.930. The number of hydrogen-bond acceptors (Lipinski definition) is 5. The number of oxime groups is 1. The minimum atomic E-state index is -3.40. The highest BCUT2D eigenvalue weighted by atomic mass is 32.2. The van der Waals surface area contributed by atoms with Crippen LogP contribution in [0, 0.1) is 0 Å². The molecule has 0 radical (unpaired) electrons. The van der Waals surface area contributed by atoms with Crippen LogP contribution in [0.15, 0.2) is 5.16 Å². The largest absolute Gasteiger partial charge is 0.409 e. The van der Waals surface area contributed by atoms with Crippen molar-refractivity contribution >= 4 is 16.0 Å². The lowest BCUT2D eigenvalue weighted by Gasteiger charge is -2.26. The average molecular weight is 280 g/mol. The Morgan fingerprint density at radius 1 is 1.39 bits per heavy atom. The molecule has 0 bridgehead atoms. The van der Waals surface area contributed by atoms with Gasteiger partial charge in [0.2, 0.25) is 0 Å². The normalized spacial score (nSPS) is 19.0. The molecule has 0 saturated carbocycles. The van der Waals surface area contributed by atoms with E-state index >= 15 is 0 Å². The third-order valence-electron chi connectivity index (χ3n) is 2.58. The Hall–Kier alpha value is -0.900. The first-order valence-electron chi connectivity index (χ1n) is 5.85. The number of ether oxygens (including phenoxy) is 1. The molecule has 1 heterocycles. The summed E-state index contributed by atoms with van der Waals surface area (Å²) in [4.78, 5) is 0. The van der Waals surface area contributed by atoms with Gasteiger partial charge in [-0.3, -0.25) is 0 Å². The fourth-order valence-corrected chi connectivity index (χ4v) is 2.78. The molecule has 1 fully saturated rings. The van der Waals surface area contributed by atoms with Crippen molar-refractivity contribution in [1.29, 1.82) is 0 Å². The van der Waals surface area contributed by atoms with Gasteiger partial charge in [-0.25, -0.2) is 4.72 Å². The van der Waals surface area contributed by atoms with Gasteiger partial charge >= 0.3 is 0 Å². The Morgan fingerprint density at radius 3 is 2.67 bits per heavy atom. The van der Waals surface area contributed by atoms with Crippen LogP contribution in [0.1, 0.15) is 19.3 Å². The molecule has 0 atom stereocenters. The number of amidine groups is 1. The van der Waals surface area contributed by atoms with Crippen LogP contribution in [0.5, 0.6) is 0 Å². The number of nitrogens with one attached hydrogen (secondary N) is 1. The molecule has 0 aromatic rings. The van der Waals surface area contributed by atoms with E-state index in [1.807, 2.05) is 0 Å². The van der Waals surface area contributed by atoms with Crippen LogP contribution in [0.3, 0.4) is 0 Å². The quantitative estimate of drug-likeness (QED) is 0.183. The van der Waals surface area contributed by atoms with Gasteiger partial charge < -0.3 is 15.7 Å². The van der Waals surface area contributed by atoms with Gasteiger partial charge in [-0.15, -0.1) is 0 Å². The topological polar surface area (TPSA) is 117 Å². The maximum Gasteiger partial charge on any atom is 0.279 e. The number of hydrogen-bond donors (Lipinski definition) is 3. The minimum Gasteiger partial charge on any atom is -0.409 e. The molecule has 4 N–H and O–H groups in total. The van der Waals surface area contributed by atoms with E-state index in [9.17, 15) is 8.42 Å². The lowest BCUT2D eigenvalue weighted by atomic mass is 10.2. The standard InChI is InChI=1S/C9H20N4O4S/c10-9(12-14)3-1-2-4-11-18(15,16)13-5-7-17-8-6-13/h11,14H,1-8H2,(H2,10,12). The van der Waals surface area contributed by atoms with Crippen LogP contribution in [-0.2, 0) is 14.9 Å². The Kier molecular flexibility index (Phi) is 6.33. The number of morpholine rings is 1. The van der Waals surface area contributed by atoms with Crippen molar-refractivity contribution < 1.29 is 18.4 Å². The zero-order valence-corrected chi connectivity index (χ0v) is 11.0. The molecule has 8 nitrogen and oxygen atoms in total. The molecule has 0 aromatic heterocycles. The van der Waals surface area contributed by atoms with E-state index in [2.05, 4.69) is 9.88 Å². The number of rotatable bonds is 7. The minimum absolute atomic E-state index is 0.158. The molecule has 18 heavy (non-hydrogen) atoms. The van der Waals surface area contributed by atoms with Crippen LogP contribution >= 0.6 is 0 Å². The van der Waals surface area contributed by atoms with Gasteiger partial charge in [-0.2, -0.15) is 12.7 Å².